The van der Waals surface area contributed by atoms with Crippen LogP contribution < -0.4 is 5.32 Å². The average Bonchev–Trinajstić information content (AvgIpc) is 2.64. The van der Waals surface area contributed by atoms with Crippen molar-refractivity contribution in [3.05, 3.63) is 0 Å². The smallest absolute Gasteiger partial charge is 0.0697 e. The zero-order valence-electron chi connectivity index (χ0n) is 10.7. The summed E-state index contributed by atoms with van der Waals surface area (Å²) in [6.45, 7) is 10.1. The molecule has 0 aromatic rings. The molecule has 3 nitrogen and oxygen atoms in total. The lowest BCUT2D eigenvalue weighted by atomic mass is 9.57. The minimum absolute atomic E-state index is 0.215. The molecule has 0 aromatic carbocycles. The zero-order chi connectivity index (χ0) is 12.0. The fourth-order valence-electron chi connectivity index (χ4n) is 3.14. The van der Waals surface area contributed by atoms with Gasteiger partial charge in [0.15, 0.2) is 0 Å². The molecule has 3 unspecified atom stereocenters. The van der Waals surface area contributed by atoms with Crippen LogP contribution in [0.4, 0.5) is 0 Å². The number of nitriles is 1. The monoisotopic (exact) mass is 222 g/mol. The zero-order valence-corrected chi connectivity index (χ0v) is 10.7. The summed E-state index contributed by atoms with van der Waals surface area (Å²) >= 11 is 0. The Labute approximate surface area is 98.2 Å². The molecule has 16 heavy (non-hydrogen) atoms. The molecule has 2 rings (SSSR count). The topological polar surface area (TPSA) is 45.0 Å². The van der Waals surface area contributed by atoms with Gasteiger partial charge in [0.25, 0.3) is 0 Å². The van der Waals surface area contributed by atoms with E-state index in [1.807, 2.05) is 13.8 Å². The van der Waals surface area contributed by atoms with E-state index in [1.165, 1.54) is 6.42 Å². The summed E-state index contributed by atoms with van der Waals surface area (Å²) in [6, 6.07) is 2.85. The number of nitrogens with zero attached hydrogens (tertiary/aromatic N) is 1. The predicted octanol–water partition coefficient (Wildman–Crippen LogP) is 1.94. The highest BCUT2D eigenvalue weighted by Gasteiger charge is 2.59. The molecule has 0 spiro atoms. The number of hydrogen-bond donors (Lipinski definition) is 1. The summed E-state index contributed by atoms with van der Waals surface area (Å²) in [5, 5.41) is 12.6. The molecule has 1 saturated carbocycles. The maximum Gasteiger partial charge on any atom is 0.0697 e. The molecule has 90 valence electrons. The maximum atomic E-state index is 9.00. The first-order valence-corrected chi connectivity index (χ1v) is 6.15. The molecule has 0 amide bonds. The molecule has 0 bridgehead atoms. The molecule has 0 aromatic heterocycles. The lowest BCUT2D eigenvalue weighted by Gasteiger charge is -2.55. The molecule has 3 heteroatoms. The summed E-state index contributed by atoms with van der Waals surface area (Å²) in [4.78, 5) is 0. The van der Waals surface area contributed by atoms with Gasteiger partial charge in [-0.1, -0.05) is 13.8 Å². The van der Waals surface area contributed by atoms with Crippen molar-refractivity contribution >= 4 is 0 Å². The van der Waals surface area contributed by atoms with E-state index in [0.717, 1.165) is 13.2 Å². The Morgan fingerprint density at radius 2 is 2.19 bits per heavy atom. The molecule has 1 N–H and O–H groups in total. The molecular formula is C13H22N2O. The van der Waals surface area contributed by atoms with E-state index in [2.05, 4.69) is 25.2 Å². The van der Waals surface area contributed by atoms with Gasteiger partial charge in [0, 0.05) is 30.5 Å². The normalized spacial score (nSPS) is 36.3. The second-order valence-electron chi connectivity index (χ2n) is 6.42. The van der Waals surface area contributed by atoms with E-state index in [0.29, 0.717) is 18.1 Å². The van der Waals surface area contributed by atoms with Crippen molar-refractivity contribution in [2.75, 3.05) is 13.2 Å². The summed E-state index contributed by atoms with van der Waals surface area (Å²) < 4.78 is 5.75. The molecule has 3 atom stereocenters. The standard InChI is InChI=1S/C13H22N2O/c1-12(2,7-14)8-15-10-9-5-6-16-11(9)13(10,3)4/h9-11,15H,5-6,8H2,1-4H3. The second kappa shape index (κ2) is 3.72. The van der Waals surface area contributed by atoms with E-state index in [4.69, 9.17) is 10.00 Å². The molecule has 1 aliphatic heterocycles. The van der Waals surface area contributed by atoms with Crippen LogP contribution in [0.2, 0.25) is 0 Å². The highest BCUT2D eigenvalue weighted by atomic mass is 16.5. The van der Waals surface area contributed by atoms with Crippen LogP contribution in [0.5, 0.6) is 0 Å². The third kappa shape index (κ3) is 1.74. The Morgan fingerprint density at radius 3 is 2.81 bits per heavy atom. The van der Waals surface area contributed by atoms with Crippen LogP contribution in [-0.2, 0) is 4.74 Å². The van der Waals surface area contributed by atoms with Crippen molar-refractivity contribution in [3.63, 3.8) is 0 Å². The van der Waals surface area contributed by atoms with Crippen LogP contribution in [0.15, 0.2) is 0 Å². The average molecular weight is 222 g/mol. The van der Waals surface area contributed by atoms with Gasteiger partial charge in [0.2, 0.25) is 0 Å². The molecule has 1 saturated heterocycles. The Kier molecular flexibility index (Phi) is 2.76. The lowest BCUT2D eigenvalue weighted by molar-refractivity contribution is -0.113. The fourth-order valence-corrected chi connectivity index (χ4v) is 3.14. The van der Waals surface area contributed by atoms with Crippen LogP contribution in [-0.4, -0.2) is 25.3 Å². The van der Waals surface area contributed by atoms with Crippen molar-refractivity contribution in [1.29, 1.82) is 5.26 Å². The Bertz CT molecular complexity index is 316. The van der Waals surface area contributed by atoms with Gasteiger partial charge >= 0.3 is 0 Å². The first-order valence-electron chi connectivity index (χ1n) is 6.15. The minimum Gasteiger partial charge on any atom is -0.377 e. The Balaban J connectivity index is 1.94. The van der Waals surface area contributed by atoms with Crippen LogP contribution in [0.3, 0.4) is 0 Å². The summed E-state index contributed by atoms with van der Waals surface area (Å²) in [6.07, 6.45) is 1.59. The third-order valence-corrected chi connectivity index (χ3v) is 4.17. The van der Waals surface area contributed by atoms with Gasteiger partial charge < -0.3 is 10.1 Å². The molecule has 1 heterocycles. The number of fused-ring (bicyclic) bond motifs is 1. The fraction of sp³-hybridized carbons (Fsp3) is 0.923. The predicted molar refractivity (Wildman–Crippen MR) is 62.8 cm³/mol. The van der Waals surface area contributed by atoms with Crippen LogP contribution in [0.1, 0.15) is 34.1 Å². The number of nitrogens with one attached hydrogen (secondary N) is 1. The summed E-state index contributed by atoms with van der Waals surface area (Å²) in [5.74, 6) is 0.657. The van der Waals surface area contributed by atoms with E-state index in [1.54, 1.807) is 0 Å². The van der Waals surface area contributed by atoms with Gasteiger partial charge in [-0.05, 0) is 20.3 Å². The van der Waals surface area contributed by atoms with Gasteiger partial charge in [0.1, 0.15) is 0 Å². The van der Waals surface area contributed by atoms with Crippen molar-refractivity contribution in [2.24, 2.45) is 16.7 Å². The lowest BCUT2D eigenvalue weighted by Crippen LogP contribution is -2.66. The van der Waals surface area contributed by atoms with E-state index >= 15 is 0 Å². The minimum atomic E-state index is -0.277. The quantitative estimate of drug-likeness (QED) is 0.793. The highest BCUT2D eigenvalue weighted by Crippen LogP contribution is 2.52. The van der Waals surface area contributed by atoms with Crippen molar-refractivity contribution in [1.82, 2.24) is 5.32 Å². The largest absolute Gasteiger partial charge is 0.377 e. The van der Waals surface area contributed by atoms with Gasteiger partial charge in [-0.15, -0.1) is 0 Å². The molecule has 2 fully saturated rings. The molecule has 2 aliphatic rings. The van der Waals surface area contributed by atoms with Crippen molar-refractivity contribution < 1.29 is 4.74 Å². The summed E-state index contributed by atoms with van der Waals surface area (Å²) in [5.41, 5.74) is -0.0622. The Morgan fingerprint density at radius 1 is 1.50 bits per heavy atom. The van der Waals surface area contributed by atoms with E-state index in [-0.39, 0.29) is 10.8 Å². The Hall–Kier alpha value is -0.590. The molecule has 0 radical (unpaired) electrons. The number of ether oxygens (including phenoxy) is 1. The first kappa shape index (κ1) is 11.9. The number of hydrogen-bond acceptors (Lipinski definition) is 3. The molecule has 1 aliphatic carbocycles. The SMILES string of the molecule is CC(C)(C#N)CNC1C2CCOC2C1(C)C. The van der Waals surface area contributed by atoms with Crippen LogP contribution in [0.25, 0.3) is 0 Å². The second-order valence-corrected chi connectivity index (χ2v) is 6.42. The van der Waals surface area contributed by atoms with E-state index in [9.17, 15) is 0 Å². The first-order chi connectivity index (χ1) is 7.38. The maximum absolute atomic E-state index is 9.00. The summed E-state index contributed by atoms with van der Waals surface area (Å²) in [7, 11) is 0. The van der Waals surface area contributed by atoms with Gasteiger partial charge in [0.05, 0.1) is 17.6 Å². The molecular weight excluding hydrogens is 200 g/mol. The van der Waals surface area contributed by atoms with Crippen LogP contribution in [0, 0.1) is 28.1 Å². The van der Waals surface area contributed by atoms with E-state index < -0.39 is 0 Å². The van der Waals surface area contributed by atoms with Gasteiger partial charge in [-0.25, -0.2) is 0 Å². The van der Waals surface area contributed by atoms with Crippen molar-refractivity contribution in [3.8, 4) is 6.07 Å². The van der Waals surface area contributed by atoms with Gasteiger partial charge in [-0.3, -0.25) is 0 Å². The van der Waals surface area contributed by atoms with Crippen molar-refractivity contribution in [2.45, 2.75) is 46.3 Å². The van der Waals surface area contributed by atoms with Gasteiger partial charge in [-0.2, -0.15) is 5.26 Å². The number of rotatable bonds is 3. The third-order valence-electron chi connectivity index (χ3n) is 4.17. The van der Waals surface area contributed by atoms with Crippen LogP contribution >= 0.6 is 0 Å². The highest BCUT2D eigenvalue weighted by molar-refractivity contribution is 5.12.